The van der Waals surface area contributed by atoms with Gasteiger partial charge in [0.15, 0.2) is 11.2 Å². The summed E-state index contributed by atoms with van der Waals surface area (Å²) in [4.78, 5) is 18.8. The van der Waals surface area contributed by atoms with Crippen molar-refractivity contribution in [3.63, 3.8) is 0 Å². The molecule has 0 unspecified atom stereocenters. The smallest absolute Gasteiger partial charge is 0.228 e. The first-order chi connectivity index (χ1) is 54.2. The summed E-state index contributed by atoms with van der Waals surface area (Å²) in [5.41, 5.74) is 28.2. The largest absolute Gasteiger partial charge is 0.435 e. The van der Waals surface area contributed by atoms with Crippen LogP contribution in [0.5, 0.6) is 0 Å². The van der Waals surface area contributed by atoms with Crippen molar-refractivity contribution in [1.82, 2.24) is 19.9 Å². The Labute approximate surface area is 634 Å². The molecule has 4 heterocycles. The Morgan fingerprint density at radius 1 is 0.255 bits per heavy atom. The Morgan fingerprint density at radius 3 is 1.34 bits per heavy atom. The first-order valence-corrected chi connectivity index (χ1v) is 37.7. The lowest BCUT2D eigenvalue weighted by atomic mass is 9.67. The van der Waals surface area contributed by atoms with E-state index in [0.717, 1.165) is 109 Å². The van der Waals surface area contributed by atoms with E-state index in [1.807, 2.05) is 42.9 Å². The number of hydrogen-bond acceptors (Lipinski definition) is 6. The predicted molar refractivity (Wildman–Crippen MR) is 454 cm³/mol. The maximum atomic E-state index is 6.66. The van der Waals surface area contributed by atoms with Gasteiger partial charge in [0.2, 0.25) is 11.8 Å². The molecule has 6 nitrogen and oxygen atoms in total. The molecule has 0 atom stereocenters. The first-order valence-electron chi connectivity index (χ1n) is 37.7. The second-order valence-electron chi connectivity index (χ2n) is 30.0. The lowest BCUT2D eigenvalue weighted by Crippen LogP contribution is -2.28. The molecule has 0 bridgehead atoms. The average molecular weight is 1400 g/mol. The van der Waals surface area contributed by atoms with E-state index in [4.69, 9.17) is 18.8 Å². The zero-order valence-electron chi connectivity index (χ0n) is 60.2. The number of benzene rings is 17. The third kappa shape index (κ3) is 10.0. The van der Waals surface area contributed by atoms with E-state index in [1.54, 1.807) is 0 Å². The van der Waals surface area contributed by atoms with Crippen molar-refractivity contribution in [3.8, 4) is 89.7 Å². The zero-order chi connectivity index (χ0) is 72.8. The standard InChI is InChI=1S/C55H34N2O.C49H32N2O/c1-3-12-44(13-4-1)55(45-14-5-2-6-15-45)49-17-8-7-16-46(49)47-26-24-40(33-50(47)55)38-11-9-10-37(30-38)39-21-19-35-18-20-36-25-27-51-53(52(36)48(35)32-39)58-54(57-51)42-22-23-43-34-56-29-28-41(43)31-42;1-49(2)42-27-36(18-20-39(42)41-25-33-8-3-4-9-34(33)26-43(41)49)32-12-7-11-31(22-32)35-17-15-29-14-16-30-19-21-45-47(46(30)40(29)24-35)52-48(51-45)38-23-37-10-5-6-13-44(37)50-28-38/h1-34H;3-28H,1-2H3. The second kappa shape index (κ2) is 24.7. The number of para-hydroxylation sites is 1. The van der Waals surface area contributed by atoms with Crippen molar-refractivity contribution >= 4 is 97.7 Å². The van der Waals surface area contributed by atoms with Crippen LogP contribution in [0.15, 0.2) is 373 Å². The highest BCUT2D eigenvalue weighted by Gasteiger charge is 2.46. The first kappa shape index (κ1) is 63.1. The maximum absolute atomic E-state index is 6.66. The molecule has 110 heavy (non-hydrogen) atoms. The van der Waals surface area contributed by atoms with Crippen LogP contribution in [0.1, 0.15) is 47.2 Å². The monoisotopic (exact) mass is 1400 g/mol. The summed E-state index contributed by atoms with van der Waals surface area (Å²) >= 11 is 0. The number of rotatable bonds is 8. The lowest BCUT2D eigenvalue weighted by molar-refractivity contribution is 0.622. The molecule has 6 heteroatoms. The molecule has 0 spiro atoms. The molecule has 23 rings (SSSR count). The fraction of sp³-hybridized carbons (Fsp3) is 0.0385. The Morgan fingerprint density at radius 2 is 0.700 bits per heavy atom. The van der Waals surface area contributed by atoms with Gasteiger partial charge in [-0.25, -0.2) is 9.97 Å². The van der Waals surface area contributed by atoms with Crippen LogP contribution in [0, 0.1) is 0 Å². The lowest BCUT2D eigenvalue weighted by Gasteiger charge is -2.34. The van der Waals surface area contributed by atoms with Crippen LogP contribution >= 0.6 is 0 Å². The van der Waals surface area contributed by atoms with Gasteiger partial charge in [-0.15, -0.1) is 0 Å². The summed E-state index contributed by atoms with van der Waals surface area (Å²) in [6, 6.07) is 126. The Balaban J connectivity index is 0.000000136. The Hall–Kier alpha value is -14.2. The molecule has 2 aliphatic carbocycles. The third-order valence-electron chi connectivity index (χ3n) is 23.5. The van der Waals surface area contributed by atoms with E-state index in [0.29, 0.717) is 11.8 Å². The van der Waals surface area contributed by atoms with Crippen molar-refractivity contribution in [3.05, 3.63) is 398 Å². The predicted octanol–water partition coefficient (Wildman–Crippen LogP) is 27.2. The van der Waals surface area contributed by atoms with Crippen LogP contribution in [0.4, 0.5) is 0 Å². The number of oxazole rings is 2. The fourth-order valence-corrected chi connectivity index (χ4v) is 18.0. The van der Waals surface area contributed by atoms with Crippen LogP contribution in [0.3, 0.4) is 0 Å². The molecular weight excluding hydrogens is 1340 g/mol. The summed E-state index contributed by atoms with van der Waals surface area (Å²) in [6.07, 6.45) is 5.55. The highest BCUT2D eigenvalue weighted by atomic mass is 16.4. The van der Waals surface area contributed by atoms with Crippen molar-refractivity contribution in [2.24, 2.45) is 0 Å². The van der Waals surface area contributed by atoms with Gasteiger partial charge in [-0.1, -0.05) is 269 Å². The zero-order valence-corrected chi connectivity index (χ0v) is 60.2. The van der Waals surface area contributed by atoms with Crippen LogP contribution in [-0.2, 0) is 10.8 Å². The van der Waals surface area contributed by atoms with Crippen LogP contribution in [-0.4, -0.2) is 19.9 Å². The molecule has 0 fully saturated rings. The number of fused-ring (bicyclic) bond motifs is 19. The van der Waals surface area contributed by atoms with E-state index >= 15 is 0 Å². The SMILES string of the molecule is CC1(C)c2cc(-c3cccc(-c4ccc5ccc6ccc7nc(-c8cnc9ccccc9c8)oc7c6c5c4)c3)ccc2-c2cc3ccccc3cc21.c1ccc(C2(c3ccccc3)c3ccccc3-c3ccc(-c4cccc(-c5ccc6ccc7ccc8nc(-c9ccc%10cnccc%10c9)oc8c7c6c5)c4)cc32)cc1. The van der Waals surface area contributed by atoms with E-state index < -0.39 is 5.41 Å². The number of hydrogen-bond donors (Lipinski definition) is 0. The second-order valence-corrected chi connectivity index (χ2v) is 30.0. The highest BCUT2D eigenvalue weighted by Crippen LogP contribution is 2.57. The summed E-state index contributed by atoms with van der Waals surface area (Å²) in [6.45, 7) is 4.72. The fourth-order valence-electron chi connectivity index (χ4n) is 18.0. The van der Waals surface area contributed by atoms with Crippen molar-refractivity contribution in [2.75, 3.05) is 0 Å². The minimum absolute atomic E-state index is 0.0849. The van der Waals surface area contributed by atoms with Gasteiger partial charge in [-0.2, -0.15) is 0 Å². The molecule has 4 aromatic heterocycles. The molecule has 0 saturated carbocycles. The van der Waals surface area contributed by atoms with E-state index in [9.17, 15) is 0 Å². The van der Waals surface area contributed by atoms with Gasteiger partial charge in [0, 0.05) is 51.1 Å². The summed E-state index contributed by atoms with van der Waals surface area (Å²) in [7, 11) is 0. The molecule has 2 aliphatic rings. The molecule has 0 N–H and O–H groups in total. The quantitative estimate of drug-likeness (QED) is 0.141. The van der Waals surface area contributed by atoms with E-state index in [2.05, 4.69) is 345 Å². The molecule has 514 valence electrons. The number of pyridine rings is 2. The molecule has 0 aliphatic heterocycles. The van der Waals surface area contributed by atoms with Crippen molar-refractivity contribution < 1.29 is 8.83 Å². The summed E-state index contributed by atoms with van der Waals surface area (Å²) in [5.74, 6) is 1.19. The van der Waals surface area contributed by atoms with E-state index in [-0.39, 0.29) is 5.41 Å². The van der Waals surface area contributed by atoms with Crippen molar-refractivity contribution in [2.45, 2.75) is 24.7 Å². The van der Waals surface area contributed by atoms with Gasteiger partial charge >= 0.3 is 0 Å². The maximum Gasteiger partial charge on any atom is 0.228 e. The van der Waals surface area contributed by atoms with Crippen LogP contribution < -0.4 is 0 Å². The molecule has 21 aromatic rings. The van der Waals surface area contributed by atoms with Crippen LogP contribution in [0.2, 0.25) is 0 Å². The minimum atomic E-state index is -0.445. The van der Waals surface area contributed by atoms with Gasteiger partial charge in [-0.3, -0.25) is 9.97 Å². The van der Waals surface area contributed by atoms with Gasteiger partial charge in [0.1, 0.15) is 11.0 Å². The van der Waals surface area contributed by atoms with Gasteiger partial charge in [0.05, 0.1) is 16.5 Å². The summed E-state index contributed by atoms with van der Waals surface area (Å²) in [5, 5.41) is 14.9. The van der Waals surface area contributed by atoms with Crippen molar-refractivity contribution in [1.29, 1.82) is 0 Å². The topological polar surface area (TPSA) is 77.8 Å². The highest BCUT2D eigenvalue weighted by molar-refractivity contribution is 6.20. The van der Waals surface area contributed by atoms with Gasteiger partial charge < -0.3 is 8.83 Å². The minimum Gasteiger partial charge on any atom is -0.435 e. The van der Waals surface area contributed by atoms with Gasteiger partial charge in [0.25, 0.3) is 0 Å². The number of aromatic nitrogens is 4. The molecule has 0 amide bonds. The van der Waals surface area contributed by atoms with Gasteiger partial charge in [-0.05, 0) is 240 Å². The molecule has 0 radical (unpaired) electrons. The average Bonchev–Trinajstić information content (AvgIpc) is 1.54. The Kier molecular flexibility index (Phi) is 14.2. The van der Waals surface area contributed by atoms with Crippen LogP contribution in [0.25, 0.3) is 187 Å². The van der Waals surface area contributed by atoms with E-state index in [1.165, 1.54) is 99.6 Å². The molecule has 0 saturated heterocycles. The normalized spacial score (nSPS) is 13.1. The Bertz CT molecular complexity index is 7350. The summed E-state index contributed by atoms with van der Waals surface area (Å²) < 4.78 is 13.3. The third-order valence-corrected chi connectivity index (χ3v) is 23.5. The molecular formula is C104H66N4O2. The number of nitrogens with zero attached hydrogens (tertiary/aromatic N) is 4. The molecule has 17 aromatic carbocycles.